The lowest BCUT2D eigenvalue weighted by atomic mass is 10.1. The first kappa shape index (κ1) is 13.8. The molecule has 0 bridgehead atoms. The summed E-state index contributed by atoms with van der Waals surface area (Å²) >= 11 is 0. The number of nitrogens with one attached hydrogen (secondary N) is 2. The van der Waals surface area contributed by atoms with E-state index in [9.17, 15) is 4.79 Å². The van der Waals surface area contributed by atoms with Gasteiger partial charge in [-0.1, -0.05) is 19.1 Å². The summed E-state index contributed by atoms with van der Waals surface area (Å²) in [5.74, 6) is 0.360. The predicted molar refractivity (Wildman–Crippen MR) is 78.1 cm³/mol. The molecular formula is C14H17N5O. The topological polar surface area (TPSA) is 92.9 Å². The zero-order valence-electron chi connectivity index (χ0n) is 11.5. The van der Waals surface area contributed by atoms with Gasteiger partial charge in [-0.2, -0.15) is 4.98 Å². The summed E-state index contributed by atoms with van der Waals surface area (Å²) in [5, 5.41) is 0. The van der Waals surface area contributed by atoms with Crippen molar-refractivity contribution in [1.82, 2.24) is 15.4 Å². The second-order valence-corrected chi connectivity index (χ2v) is 4.39. The van der Waals surface area contributed by atoms with Gasteiger partial charge in [0.15, 0.2) is 0 Å². The first-order chi connectivity index (χ1) is 9.58. The normalized spacial score (nSPS) is 10.1. The fourth-order valence-electron chi connectivity index (χ4n) is 1.73. The number of carbonyl (C=O) groups excluding carboxylic acids is 1. The predicted octanol–water partition coefficient (Wildman–Crippen LogP) is 1.69. The molecule has 0 saturated heterocycles. The van der Waals surface area contributed by atoms with Crippen molar-refractivity contribution in [3.8, 4) is 0 Å². The van der Waals surface area contributed by atoms with Crippen LogP contribution >= 0.6 is 0 Å². The second kappa shape index (κ2) is 6.01. The molecular weight excluding hydrogens is 254 g/mol. The summed E-state index contributed by atoms with van der Waals surface area (Å²) < 4.78 is 0. The minimum atomic E-state index is -0.253. The van der Waals surface area contributed by atoms with E-state index in [1.165, 1.54) is 5.56 Å². The second-order valence-electron chi connectivity index (χ2n) is 4.39. The van der Waals surface area contributed by atoms with E-state index in [2.05, 4.69) is 27.7 Å². The van der Waals surface area contributed by atoms with Crippen molar-refractivity contribution in [3.05, 3.63) is 47.2 Å². The summed E-state index contributed by atoms with van der Waals surface area (Å²) in [7, 11) is 0. The molecule has 1 aromatic heterocycles. The van der Waals surface area contributed by atoms with Crippen molar-refractivity contribution in [3.63, 3.8) is 0 Å². The lowest BCUT2D eigenvalue weighted by Crippen LogP contribution is -2.30. The van der Waals surface area contributed by atoms with Crippen molar-refractivity contribution in [2.45, 2.75) is 20.3 Å². The molecule has 4 N–H and O–H groups in total. The number of anilines is 2. The molecule has 0 radical (unpaired) electrons. The molecule has 6 nitrogen and oxygen atoms in total. The third-order valence-corrected chi connectivity index (χ3v) is 2.79. The Bertz CT molecular complexity index is 589. The number of benzene rings is 1. The Morgan fingerprint density at radius 1 is 1.25 bits per heavy atom. The van der Waals surface area contributed by atoms with Gasteiger partial charge in [0.2, 0.25) is 5.95 Å². The SMILES string of the molecule is CCc1ccc(C(=O)NNc2nc(C)cc(N)n2)cc1. The maximum Gasteiger partial charge on any atom is 0.269 e. The molecule has 0 saturated carbocycles. The van der Waals surface area contributed by atoms with Crippen molar-refractivity contribution < 1.29 is 4.79 Å². The van der Waals surface area contributed by atoms with Gasteiger partial charge in [0, 0.05) is 17.3 Å². The summed E-state index contributed by atoms with van der Waals surface area (Å²) in [6.07, 6.45) is 0.941. The molecule has 20 heavy (non-hydrogen) atoms. The van der Waals surface area contributed by atoms with Gasteiger partial charge in [-0.3, -0.25) is 15.6 Å². The Labute approximate surface area is 117 Å². The van der Waals surface area contributed by atoms with Crippen LogP contribution in [0.25, 0.3) is 0 Å². The molecule has 0 aliphatic rings. The first-order valence-corrected chi connectivity index (χ1v) is 6.35. The molecule has 1 amide bonds. The quantitative estimate of drug-likeness (QED) is 0.736. The van der Waals surface area contributed by atoms with Gasteiger partial charge in [0.1, 0.15) is 5.82 Å². The third-order valence-electron chi connectivity index (χ3n) is 2.79. The first-order valence-electron chi connectivity index (χ1n) is 6.35. The fraction of sp³-hybridized carbons (Fsp3) is 0.214. The molecule has 1 aromatic carbocycles. The molecule has 0 spiro atoms. The number of rotatable bonds is 4. The lowest BCUT2D eigenvalue weighted by molar-refractivity contribution is 0.0962. The number of nitrogens with two attached hydrogens (primary N) is 1. The van der Waals surface area contributed by atoms with Crippen LogP contribution in [0.15, 0.2) is 30.3 Å². The Hall–Kier alpha value is -2.63. The Morgan fingerprint density at radius 3 is 2.55 bits per heavy atom. The highest BCUT2D eigenvalue weighted by Crippen LogP contribution is 2.06. The Kier molecular flexibility index (Phi) is 4.14. The smallest absolute Gasteiger partial charge is 0.269 e. The van der Waals surface area contributed by atoms with E-state index < -0.39 is 0 Å². The highest BCUT2D eigenvalue weighted by molar-refractivity contribution is 5.94. The van der Waals surface area contributed by atoms with Gasteiger partial charge in [-0.05, 0) is 31.0 Å². The van der Waals surface area contributed by atoms with Gasteiger partial charge < -0.3 is 5.73 Å². The number of hydrazine groups is 1. The fourth-order valence-corrected chi connectivity index (χ4v) is 1.73. The van der Waals surface area contributed by atoms with Crippen LogP contribution < -0.4 is 16.6 Å². The highest BCUT2D eigenvalue weighted by Gasteiger charge is 2.06. The van der Waals surface area contributed by atoms with E-state index in [1.807, 2.05) is 12.1 Å². The van der Waals surface area contributed by atoms with Crippen molar-refractivity contribution in [1.29, 1.82) is 0 Å². The van der Waals surface area contributed by atoms with E-state index in [4.69, 9.17) is 5.73 Å². The monoisotopic (exact) mass is 271 g/mol. The summed E-state index contributed by atoms with van der Waals surface area (Å²) in [6.45, 7) is 3.87. The van der Waals surface area contributed by atoms with E-state index in [-0.39, 0.29) is 11.9 Å². The zero-order valence-corrected chi connectivity index (χ0v) is 11.5. The summed E-state index contributed by atoms with van der Waals surface area (Å²) in [4.78, 5) is 20.0. The number of nitrogen functional groups attached to an aromatic ring is 1. The van der Waals surface area contributed by atoms with Crippen LogP contribution in [0.1, 0.15) is 28.5 Å². The molecule has 0 aliphatic heterocycles. The number of aryl methyl sites for hydroxylation is 2. The molecule has 2 aromatic rings. The number of aromatic nitrogens is 2. The summed E-state index contributed by atoms with van der Waals surface area (Å²) in [5.41, 5.74) is 13.3. The number of nitrogens with zero attached hydrogens (tertiary/aromatic N) is 2. The maximum absolute atomic E-state index is 11.9. The van der Waals surface area contributed by atoms with Crippen LogP contribution in [0, 0.1) is 6.92 Å². The maximum atomic E-state index is 11.9. The number of hydrogen-bond donors (Lipinski definition) is 3. The zero-order chi connectivity index (χ0) is 14.5. The summed E-state index contributed by atoms with van der Waals surface area (Å²) in [6, 6.07) is 9.06. The average molecular weight is 271 g/mol. The largest absolute Gasteiger partial charge is 0.384 e. The highest BCUT2D eigenvalue weighted by atomic mass is 16.2. The molecule has 0 aliphatic carbocycles. The number of hydrogen-bond acceptors (Lipinski definition) is 5. The van der Waals surface area contributed by atoms with Crippen LogP contribution in [0.5, 0.6) is 0 Å². The molecule has 6 heteroatoms. The van der Waals surface area contributed by atoms with Gasteiger partial charge in [-0.15, -0.1) is 0 Å². The molecule has 1 heterocycles. The van der Waals surface area contributed by atoms with Crippen LogP contribution in [-0.2, 0) is 6.42 Å². The van der Waals surface area contributed by atoms with Crippen LogP contribution in [0.4, 0.5) is 11.8 Å². The lowest BCUT2D eigenvalue weighted by Gasteiger charge is -2.08. The minimum Gasteiger partial charge on any atom is -0.384 e. The van der Waals surface area contributed by atoms with Crippen molar-refractivity contribution in [2.75, 3.05) is 11.2 Å². The van der Waals surface area contributed by atoms with Crippen LogP contribution in [0.2, 0.25) is 0 Å². The standard InChI is InChI=1S/C14H17N5O/c1-3-10-4-6-11(7-5-10)13(20)18-19-14-16-9(2)8-12(15)17-14/h4-8H,3H2,1-2H3,(H,18,20)(H3,15,16,17,19). The van der Waals surface area contributed by atoms with Crippen LogP contribution in [0.3, 0.4) is 0 Å². The molecule has 0 fully saturated rings. The van der Waals surface area contributed by atoms with E-state index in [1.54, 1.807) is 25.1 Å². The van der Waals surface area contributed by atoms with E-state index in [0.29, 0.717) is 11.4 Å². The number of carbonyl (C=O) groups is 1. The van der Waals surface area contributed by atoms with Crippen molar-refractivity contribution >= 4 is 17.7 Å². The average Bonchev–Trinajstić information content (AvgIpc) is 2.44. The number of amides is 1. The molecule has 104 valence electrons. The van der Waals surface area contributed by atoms with E-state index in [0.717, 1.165) is 12.1 Å². The Balaban J connectivity index is 2.00. The molecule has 0 atom stereocenters. The Morgan fingerprint density at radius 2 is 1.95 bits per heavy atom. The molecule has 0 unspecified atom stereocenters. The van der Waals surface area contributed by atoms with Crippen LogP contribution in [-0.4, -0.2) is 15.9 Å². The third kappa shape index (κ3) is 3.44. The minimum absolute atomic E-state index is 0.253. The molecule has 2 rings (SSSR count). The van der Waals surface area contributed by atoms with Gasteiger partial charge >= 0.3 is 0 Å². The van der Waals surface area contributed by atoms with Gasteiger partial charge in [0.05, 0.1) is 0 Å². The van der Waals surface area contributed by atoms with Crippen molar-refractivity contribution in [2.24, 2.45) is 0 Å². The van der Waals surface area contributed by atoms with Gasteiger partial charge in [0.25, 0.3) is 5.91 Å². The van der Waals surface area contributed by atoms with Gasteiger partial charge in [-0.25, -0.2) is 4.98 Å². The van der Waals surface area contributed by atoms with E-state index >= 15 is 0 Å².